The van der Waals surface area contributed by atoms with E-state index in [4.69, 9.17) is 0 Å². The van der Waals surface area contributed by atoms with E-state index in [1.165, 1.54) is 13.0 Å². The van der Waals surface area contributed by atoms with Crippen LogP contribution in [0.4, 0.5) is 8.78 Å². The fraction of sp³-hybridized carbons (Fsp3) is 0.400. The molecular weight excluding hydrogens is 190 g/mol. The smallest absolute Gasteiger partial charge is 0.387 e. The van der Waals surface area contributed by atoms with Crippen molar-refractivity contribution in [2.24, 2.45) is 0 Å². The van der Waals surface area contributed by atoms with Gasteiger partial charge in [0.15, 0.2) is 0 Å². The van der Waals surface area contributed by atoms with Crippen molar-refractivity contribution >= 4 is 0 Å². The predicted molar refractivity (Wildman–Crippen MR) is 48.4 cm³/mol. The van der Waals surface area contributed by atoms with Gasteiger partial charge in [-0.3, -0.25) is 0 Å². The second kappa shape index (κ2) is 4.37. The number of aliphatic hydroxyl groups excluding tert-OH is 1. The normalized spacial score (nSPS) is 13.0. The van der Waals surface area contributed by atoms with Crippen molar-refractivity contribution in [1.82, 2.24) is 0 Å². The number of benzene rings is 1. The zero-order chi connectivity index (χ0) is 10.7. The molecule has 1 aromatic carbocycles. The molecule has 1 atom stereocenters. The van der Waals surface area contributed by atoms with Crippen LogP contribution in [-0.4, -0.2) is 11.7 Å². The molecule has 4 heteroatoms. The van der Waals surface area contributed by atoms with E-state index in [0.717, 1.165) is 5.56 Å². The van der Waals surface area contributed by atoms with Crippen LogP contribution in [0.25, 0.3) is 0 Å². The zero-order valence-electron chi connectivity index (χ0n) is 8.00. The van der Waals surface area contributed by atoms with Crippen LogP contribution < -0.4 is 4.74 Å². The molecule has 0 aliphatic heterocycles. The van der Waals surface area contributed by atoms with E-state index >= 15 is 0 Å². The lowest BCUT2D eigenvalue weighted by Crippen LogP contribution is -2.06. The number of ether oxygens (including phenoxy) is 1. The van der Waals surface area contributed by atoms with Crippen molar-refractivity contribution in [3.05, 3.63) is 29.3 Å². The number of rotatable bonds is 3. The zero-order valence-corrected chi connectivity index (χ0v) is 8.00. The first-order valence-corrected chi connectivity index (χ1v) is 4.24. The summed E-state index contributed by atoms with van der Waals surface area (Å²) in [6, 6.07) is 4.72. The number of hydrogen-bond donors (Lipinski definition) is 1. The minimum atomic E-state index is -2.87. The van der Waals surface area contributed by atoms with Crippen molar-refractivity contribution in [1.29, 1.82) is 0 Å². The van der Waals surface area contributed by atoms with Crippen molar-refractivity contribution < 1.29 is 18.6 Å². The monoisotopic (exact) mass is 202 g/mol. The van der Waals surface area contributed by atoms with Gasteiger partial charge in [-0.2, -0.15) is 8.78 Å². The lowest BCUT2D eigenvalue weighted by molar-refractivity contribution is -0.0514. The Morgan fingerprint density at radius 1 is 1.36 bits per heavy atom. The average Bonchev–Trinajstić information content (AvgIpc) is 2.07. The maximum Gasteiger partial charge on any atom is 0.387 e. The molecule has 0 saturated heterocycles. The highest BCUT2D eigenvalue weighted by atomic mass is 19.3. The van der Waals surface area contributed by atoms with Crippen molar-refractivity contribution in [2.45, 2.75) is 26.6 Å². The molecule has 0 radical (unpaired) electrons. The van der Waals surface area contributed by atoms with Crippen LogP contribution >= 0.6 is 0 Å². The lowest BCUT2D eigenvalue weighted by Gasteiger charge is -2.13. The summed E-state index contributed by atoms with van der Waals surface area (Å²) in [6.07, 6.45) is -0.816. The summed E-state index contributed by atoms with van der Waals surface area (Å²) in [5.41, 5.74) is 1.27. The Morgan fingerprint density at radius 2 is 2.00 bits per heavy atom. The first-order chi connectivity index (χ1) is 6.50. The third-order valence-electron chi connectivity index (χ3n) is 1.83. The fourth-order valence-electron chi connectivity index (χ4n) is 1.20. The highest BCUT2D eigenvalue weighted by Crippen LogP contribution is 2.27. The van der Waals surface area contributed by atoms with E-state index in [-0.39, 0.29) is 5.75 Å². The van der Waals surface area contributed by atoms with Gasteiger partial charge < -0.3 is 9.84 Å². The number of halogens is 2. The maximum atomic E-state index is 12.0. The van der Waals surface area contributed by atoms with Crippen LogP contribution in [0.2, 0.25) is 0 Å². The molecule has 0 aliphatic rings. The topological polar surface area (TPSA) is 29.5 Å². The van der Waals surface area contributed by atoms with E-state index in [0.29, 0.717) is 5.56 Å². The molecule has 0 aliphatic carbocycles. The molecule has 1 N–H and O–H groups in total. The van der Waals surface area contributed by atoms with Gasteiger partial charge in [0.05, 0.1) is 6.10 Å². The quantitative estimate of drug-likeness (QED) is 0.816. The van der Waals surface area contributed by atoms with E-state index in [9.17, 15) is 13.9 Å². The Morgan fingerprint density at radius 3 is 2.50 bits per heavy atom. The van der Waals surface area contributed by atoms with Crippen LogP contribution in [-0.2, 0) is 0 Å². The second-order valence-corrected chi connectivity index (χ2v) is 3.10. The van der Waals surface area contributed by atoms with Gasteiger partial charge in [0.1, 0.15) is 5.75 Å². The van der Waals surface area contributed by atoms with Crippen molar-refractivity contribution in [3.63, 3.8) is 0 Å². The third-order valence-corrected chi connectivity index (χ3v) is 1.83. The molecule has 0 heterocycles. The number of aliphatic hydroxyl groups is 1. The highest BCUT2D eigenvalue weighted by Gasteiger charge is 2.12. The van der Waals surface area contributed by atoms with Gasteiger partial charge >= 0.3 is 6.61 Å². The molecule has 0 fully saturated rings. The predicted octanol–water partition coefficient (Wildman–Crippen LogP) is 2.65. The van der Waals surface area contributed by atoms with Crippen molar-refractivity contribution in [2.75, 3.05) is 0 Å². The summed E-state index contributed by atoms with van der Waals surface area (Å²) < 4.78 is 28.2. The van der Waals surface area contributed by atoms with Gasteiger partial charge in [-0.1, -0.05) is 11.6 Å². The Balaban J connectivity index is 3.02. The first kappa shape index (κ1) is 10.9. The molecule has 1 unspecified atom stereocenters. The number of hydrogen-bond acceptors (Lipinski definition) is 2. The number of alkyl halides is 2. The van der Waals surface area contributed by atoms with Gasteiger partial charge in [-0.05, 0) is 26.0 Å². The van der Waals surface area contributed by atoms with Crippen LogP contribution in [0.3, 0.4) is 0 Å². The van der Waals surface area contributed by atoms with E-state index in [2.05, 4.69) is 4.74 Å². The van der Waals surface area contributed by atoms with Crippen molar-refractivity contribution in [3.8, 4) is 5.75 Å². The second-order valence-electron chi connectivity index (χ2n) is 3.10. The molecule has 0 aromatic heterocycles. The standard InChI is InChI=1S/C10H12F2O2/c1-6-3-4-9(14-10(11)12)8(5-6)7(2)13/h3-5,7,10,13H,1-2H3. The van der Waals surface area contributed by atoms with Gasteiger partial charge in [-0.15, -0.1) is 0 Å². The highest BCUT2D eigenvalue weighted by molar-refractivity contribution is 5.38. The van der Waals surface area contributed by atoms with Crippen LogP contribution in [0, 0.1) is 6.92 Å². The van der Waals surface area contributed by atoms with Crippen LogP contribution in [0.15, 0.2) is 18.2 Å². The Labute approximate surface area is 81.1 Å². The molecule has 78 valence electrons. The van der Waals surface area contributed by atoms with Gasteiger partial charge in [-0.25, -0.2) is 0 Å². The molecule has 0 spiro atoms. The van der Waals surface area contributed by atoms with E-state index < -0.39 is 12.7 Å². The molecular formula is C10H12F2O2. The SMILES string of the molecule is Cc1ccc(OC(F)F)c(C(C)O)c1. The summed E-state index contributed by atoms with van der Waals surface area (Å²) >= 11 is 0. The molecule has 0 bridgehead atoms. The first-order valence-electron chi connectivity index (χ1n) is 4.24. The number of aryl methyl sites for hydroxylation is 1. The minimum Gasteiger partial charge on any atom is -0.434 e. The fourth-order valence-corrected chi connectivity index (χ4v) is 1.20. The summed E-state index contributed by atoms with van der Waals surface area (Å²) in [4.78, 5) is 0. The third kappa shape index (κ3) is 2.67. The summed E-state index contributed by atoms with van der Waals surface area (Å²) in [7, 11) is 0. The Bertz CT molecular complexity index is 311. The molecule has 1 aromatic rings. The van der Waals surface area contributed by atoms with E-state index in [1.807, 2.05) is 6.92 Å². The van der Waals surface area contributed by atoms with Gasteiger partial charge in [0, 0.05) is 5.56 Å². The maximum absolute atomic E-state index is 12.0. The molecule has 0 amide bonds. The molecule has 2 nitrogen and oxygen atoms in total. The van der Waals surface area contributed by atoms with Crippen LogP contribution in [0.1, 0.15) is 24.2 Å². The van der Waals surface area contributed by atoms with E-state index in [1.54, 1.807) is 12.1 Å². The summed E-state index contributed by atoms with van der Waals surface area (Å²) in [5, 5.41) is 9.32. The molecule has 1 rings (SSSR count). The summed E-state index contributed by atoms with van der Waals surface area (Å²) in [6.45, 7) is 0.459. The molecule has 14 heavy (non-hydrogen) atoms. The lowest BCUT2D eigenvalue weighted by atomic mass is 10.1. The van der Waals surface area contributed by atoms with Gasteiger partial charge in [0.25, 0.3) is 0 Å². The average molecular weight is 202 g/mol. The Kier molecular flexibility index (Phi) is 3.41. The van der Waals surface area contributed by atoms with Gasteiger partial charge in [0.2, 0.25) is 0 Å². The summed E-state index contributed by atoms with van der Waals surface area (Å²) in [5.74, 6) is 0.0283. The Hall–Kier alpha value is -1.16. The van der Waals surface area contributed by atoms with Crippen LogP contribution in [0.5, 0.6) is 5.75 Å². The minimum absolute atomic E-state index is 0.0283. The largest absolute Gasteiger partial charge is 0.434 e. The molecule has 0 saturated carbocycles.